The Morgan fingerprint density at radius 3 is 2.45 bits per heavy atom. The second-order valence-corrected chi connectivity index (χ2v) is 4.54. The van der Waals surface area contributed by atoms with Crippen molar-refractivity contribution >= 4 is 0 Å². The maximum Gasteiger partial charge on any atom is 0.435 e. The molecular weight excluding hydrogens is 304 g/mol. The summed E-state index contributed by atoms with van der Waals surface area (Å²) in [7, 11) is 0. The molecule has 1 aromatic carbocycles. The second-order valence-electron chi connectivity index (χ2n) is 4.54. The summed E-state index contributed by atoms with van der Waals surface area (Å²) < 4.78 is 57.5. The number of hydrogen-bond acceptors (Lipinski definition) is 3. The Morgan fingerprint density at radius 2 is 1.86 bits per heavy atom. The molecule has 0 spiro atoms. The Kier molecular flexibility index (Phi) is 5.02. The molecule has 0 atom stereocenters. The van der Waals surface area contributed by atoms with Gasteiger partial charge in [-0.3, -0.25) is 4.68 Å². The Labute approximate surface area is 123 Å². The van der Waals surface area contributed by atoms with Crippen molar-refractivity contribution in [2.24, 2.45) is 0 Å². The van der Waals surface area contributed by atoms with E-state index < -0.39 is 17.7 Å². The zero-order chi connectivity index (χ0) is 16.2. The van der Waals surface area contributed by atoms with Crippen molar-refractivity contribution in [1.29, 1.82) is 0 Å². The van der Waals surface area contributed by atoms with Gasteiger partial charge in [0.15, 0.2) is 5.69 Å². The average molecular weight is 318 g/mol. The predicted molar refractivity (Wildman–Crippen MR) is 69.9 cm³/mol. The van der Waals surface area contributed by atoms with E-state index in [2.05, 4.69) is 5.10 Å². The molecule has 0 unspecified atom stereocenters. The summed E-state index contributed by atoms with van der Waals surface area (Å²) in [6, 6.07) is 5.31. The normalized spacial score (nSPS) is 11.7. The summed E-state index contributed by atoms with van der Waals surface area (Å²) in [5.74, 6) is 0.0167. The van der Waals surface area contributed by atoms with Gasteiger partial charge in [-0.05, 0) is 30.7 Å². The molecule has 0 amide bonds. The zero-order valence-electron chi connectivity index (χ0n) is 11.5. The van der Waals surface area contributed by atoms with Crippen molar-refractivity contribution in [2.75, 3.05) is 13.2 Å². The number of halogens is 4. The minimum atomic E-state index is -4.56. The Morgan fingerprint density at radius 1 is 1.18 bits per heavy atom. The Bertz CT molecular complexity index is 608. The highest BCUT2D eigenvalue weighted by atomic mass is 19.4. The monoisotopic (exact) mass is 318 g/mol. The fraction of sp³-hybridized carbons (Fsp3) is 0.357. The first kappa shape index (κ1) is 16.3. The molecule has 0 aliphatic carbocycles. The summed E-state index contributed by atoms with van der Waals surface area (Å²) >= 11 is 0. The number of hydrogen-bond donors (Lipinski definition) is 1. The van der Waals surface area contributed by atoms with E-state index in [0.29, 0.717) is 5.75 Å². The fourth-order valence-electron chi connectivity index (χ4n) is 1.91. The number of alkyl halides is 3. The quantitative estimate of drug-likeness (QED) is 0.833. The maximum absolute atomic E-state index is 12.8. The van der Waals surface area contributed by atoms with Crippen LogP contribution in [0.25, 0.3) is 0 Å². The Hall–Kier alpha value is -2.09. The van der Waals surface area contributed by atoms with Gasteiger partial charge in [0.2, 0.25) is 0 Å². The molecule has 0 saturated carbocycles. The Balaban J connectivity index is 1.99. The lowest BCUT2D eigenvalue weighted by atomic mass is 10.2. The predicted octanol–water partition coefficient (Wildman–Crippen LogP) is 2.65. The van der Waals surface area contributed by atoms with Crippen LogP contribution in [-0.4, -0.2) is 28.1 Å². The molecule has 22 heavy (non-hydrogen) atoms. The first-order chi connectivity index (χ1) is 10.4. The van der Waals surface area contributed by atoms with Crippen LogP contribution in [0.5, 0.6) is 5.75 Å². The van der Waals surface area contributed by atoms with Gasteiger partial charge in [0.25, 0.3) is 0 Å². The van der Waals surface area contributed by atoms with Crippen LogP contribution in [0.1, 0.15) is 11.3 Å². The van der Waals surface area contributed by atoms with E-state index >= 15 is 0 Å². The van der Waals surface area contributed by atoms with E-state index in [4.69, 9.17) is 9.84 Å². The lowest BCUT2D eigenvalue weighted by Gasteiger charge is -2.06. The maximum atomic E-state index is 12.8. The second kappa shape index (κ2) is 6.78. The van der Waals surface area contributed by atoms with Crippen molar-refractivity contribution in [1.82, 2.24) is 9.78 Å². The average Bonchev–Trinajstić information content (AvgIpc) is 2.85. The molecule has 2 aromatic rings. The molecule has 2 rings (SSSR count). The van der Waals surface area contributed by atoms with E-state index in [9.17, 15) is 17.6 Å². The molecule has 4 nitrogen and oxygen atoms in total. The SMILES string of the molecule is OCCc1cn(CCOc2ccc(F)cc2)nc1C(F)(F)F. The summed E-state index contributed by atoms with van der Waals surface area (Å²) in [6.07, 6.45) is -3.44. The topological polar surface area (TPSA) is 47.3 Å². The number of aliphatic hydroxyl groups excluding tert-OH is 1. The number of aliphatic hydroxyl groups is 1. The van der Waals surface area contributed by atoms with Crippen LogP contribution in [0.3, 0.4) is 0 Å². The number of rotatable bonds is 6. The van der Waals surface area contributed by atoms with Crippen molar-refractivity contribution in [3.05, 3.63) is 47.5 Å². The lowest BCUT2D eigenvalue weighted by Crippen LogP contribution is -2.12. The van der Waals surface area contributed by atoms with E-state index in [-0.39, 0.29) is 31.7 Å². The van der Waals surface area contributed by atoms with E-state index in [1.807, 2.05) is 0 Å². The lowest BCUT2D eigenvalue weighted by molar-refractivity contribution is -0.142. The molecule has 0 aliphatic rings. The van der Waals surface area contributed by atoms with Crippen LogP contribution in [0.15, 0.2) is 30.5 Å². The van der Waals surface area contributed by atoms with Crippen LogP contribution in [0.2, 0.25) is 0 Å². The summed E-state index contributed by atoms with van der Waals surface area (Å²) in [5.41, 5.74) is -1.06. The van der Waals surface area contributed by atoms with Crippen LogP contribution in [0.4, 0.5) is 17.6 Å². The number of benzene rings is 1. The van der Waals surface area contributed by atoms with Crippen LogP contribution >= 0.6 is 0 Å². The van der Waals surface area contributed by atoms with E-state index in [1.54, 1.807) is 0 Å². The summed E-state index contributed by atoms with van der Waals surface area (Å²) in [6.45, 7) is -0.198. The molecule has 0 aliphatic heterocycles. The van der Waals surface area contributed by atoms with Crippen molar-refractivity contribution in [3.63, 3.8) is 0 Å². The zero-order valence-corrected chi connectivity index (χ0v) is 11.5. The largest absolute Gasteiger partial charge is 0.492 e. The molecule has 1 aromatic heterocycles. The fourth-order valence-corrected chi connectivity index (χ4v) is 1.91. The highest BCUT2D eigenvalue weighted by Gasteiger charge is 2.36. The third-order valence-electron chi connectivity index (χ3n) is 2.89. The molecule has 120 valence electrons. The van der Waals surface area contributed by atoms with Gasteiger partial charge < -0.3 is 9.84 Å². The summed E-state index contributed by atoms with van der Waals surface area (Å²) in [5, 5.41) is 12.3. The first-order valence-electron chi connectivity index (χ1n) is 6.53. The van der Waals surface area contributed by atoms with Gasteiger partial charge in [0, 0.05) is 18.4 Å². The highest BCUT2D eigenvalue weighted by molar-refractivity contribution is 5.22. The standard InChI is InChI=1S/C14H14F4N2O2/c15-11-1-3-12(4-2-11)22-8-6-20-9-10(5-7-21)13(19-20)14(16,17)18/h1-4,9,21H,5-8H2. The van der Waals surface area contributed by atoms with E-state index in [0.717, 1.165) is 4.68 Å². The summed E-state index contributed by atoms with van der Waals surface area (Å²) in [4.78, 5) is 0. The van der Waals surface area contributed by atoms with Gasteiger partial charge in [0.05, 0.1) is 6.54 Å². The minimum Gasteiger partial charge on any atom is -0.492 e. The molecule has 1 N–H and O–H groups in total. The third kappa shape index (κ3) is 4.20. The van der Waals surface area contributed by atoms with Crippen molar-refractivity contribution in [3.8, 4) is 5.75 Å². The molecule has 1 heterocycles. The van der Waals surface area contributed by atoms with Gasteiger partial charge in [-0.2, -0.15) is 18.3 Å². The van der Waals surface area contributed by atoms with E-state index in [1.165, 1.54) is 30.5 Å². The highest BCUT2D eigenvalue weighted by Crippen LogP contribution is 2.30. The molecule has 0 fully saturated rings. The molecule has 0 radical (unpaired) electrons. The first-order valence-corrected chi connectivity index (χ1v) is 6.53. The number of ether oxygens (including phenoxy) is 1. The number of aromatic nitrogens is 2. The van der Waals surface area contributed by atoms with Gasteiger partial charge in [-0.1, -0.05) is 0 Å². The molecular formula is C14H14F4N2O2. The van der Waals surface area contributed by atoms with Gasteiger partial charge >= 0.3 is 6.18 Å². The van der Waals surface area contributed by atoms with Gasteiger partial charge in [-0.25, -0.2) is 4.39 Å². The third-order valence-corrected chi connectivity index (χ3v) is 2.89. The van der Waals surface area contributed by atoms with Gasteiger partial charge in [0.1, 0.15) is 18.2 Å². The smallest absolute Gasteiger partial charge is 0.435 e. The molecule has 0 bridgehead atoms. The van der Waals surface area contributed by atoms with Crippen LogP contribution in [0, 0.1) is 5.82 Å². The molecule has 8 heteroatoms. The number of nitrogens with zero attached hydrogens (tertiary/aromatic N) is 2. The van der Waals surface area contributed by atoms with Crippen LogP contribution in [-0.2, 0) is 19.1 Å². The van der Waals surface area contributed by atoms with Crippen LogP contribution < -0.4 is 4.74 Å². The van der Waals surface area contributed by atoms with Crippen molar-refractivity contribution < 1.29 is 27.4 Å². The van der Waals surface area contributed by atoms with Crippen molar-refractivity contribution in [2.45, 2.75) is 19.1 Å². The van der Waals surface area contributed by atoms with Gasteiger partial charge in [-0.15, -0.1) is 0 Å². The minimum absolute atomic E-state index is 0.0585. The molecule has 0 saturated heterocycles.